The van der Waals surface area contributed by atoms with Crippen LogP contribution < -0.4 is 15.4 Å². The molecule has 0 saturated carbocycles. The van der Waals surface area contributed by atoms with Gasteiger partial charge in [-0.05, 0) is 42.5 Å². The van der Waals surface area contributed by atoms with Gasteiger partial charge in [0, 0.05) is 17.0 Å². The normalized spacial score (nSPS) is 17.4. The van der Waals surface area contributed by atoms with Crippen molar-refractivity contribution in [2.24, 2.45) is 0 Å². The van der Waals surface area contributed by atoms with E-state index in [4.69, 9.17) is 22.1 Å². The van der Waals surface area contributed by atoms with Gasteiger partial charge in [0.2, 0.25) is 11.8 Å². The number of amides is 2. The molecule has 2 aromatic rings. The molecule has 5 nitrogen and oxygen atoms in total. The number of benzene rings is 2. The third kappa shape index (κ3) is 3.20. The summed E-state index contributed by atoms with van der Waals surface area (Å²) in [6, 6.07) is 12.1. The van der Waals surface area contributed by atoms with Crippen molar-refractivity contribution in [2.75, 3.05) is 17.7 Å². The minimum Gasteiger partial charge on any atom is -0.495 e. The fourth-order valence-corrected chi connectivity index (χ4v) is 3.78. The van der Waals surface area contributed by atoms with E-state index in [1.165, 1.54) is 23.8 Å². The Balaban J connectivity index is 1.81. The van der Waals surface area contributed by atoms with Gasteiger partial charge in [0.25, 0.3) is 0 Å². The first-order valence-electron chi connectivity index (χ1n) is 7.22. The average Bonchev–Trinajstić information content (AvgIpc) is 2.83. The number of hydrogen-bond donors (Lipinski definition) is 1. The highest BCUT2D eigenvalue weighted by Gasteiger charge is 2.40. The Kier molecular flexibility index (Phi) is 4.69. The summed E-state index contributed by atoms with van der Waals surface area (Å²) >= 11 is 7.45. The third-order valence-corrected chi connectivity index (χ3v) is 5.15. The molecule has 0 radical (unpaired) electrons. The summed E-state index contributed by atoms with van der Waals surface area (Å²) in [6.07, 6.45) is 0.150. The first kappa shape index (κ1) is 16.7. The van der Waals surface area contributed by atoms with Crippen molar-refractivity contribution in [1.82, 2.24) is 0 Å². The largest absolute Gasteiger partial charge is 0.495 e. The zero-order chi connectivity index (χ0) is 17.3. The van der Waals surface area contributed by atoms with Crippen LogP contribution in [0.1, 0.15) is 6.42 Å². The van der Waals surface area contributed by atoms with Crippen LogP contribution in [0.2, 0.25) is 5.02 Å². The van der Waals surface area contributed by atoms with Crippen LogP contribution in [0.4, 0.5) is 11.4 Å². The molecular weight excluding hydrogens is 348 g/mol. The van der Waals surface area contributed by atoms with Crippen molar-refractivity contribution in [2.45, 2.75) is 16.6 Å². The van der Waals surface area contributed by atoms with Gasteiger partial charge in [-0.25, -0.2) is 4.90 Å². The van der Waals surface area contributed by atoms with Gasteiger partial charge >= 0.3 is 0 Å². The second-order valence-corrected chi connectivity index (χ2v) is 6.95. The van der Waals surface area contributed by atoms with E-state index in [1.807, 2.05) is 12.1 Å². The van der Waals surface area contributed by atoms with Crippen molar-refractivity contribution >= 4 is 46.6 Å². The lowest BCUT2D eigenvalue weighted by Crippen LogP contribution is -2.31. The van der Waals surface area contributed by atoms with Crippen molar-refractivity contribution in [3.63, 3.8) is 0 Å². The minimum atomic E-state index is -0.456. The zero-order valence-corrected chi connectivity index (χ0v) is 14.4. The Hall–Kier alpha value is -2.18. The molecule has 0 aromatic heterocycles. The molecule has 1 fully saturated rings. The van der Waals surface area contributed by atoms with Crippen molar-refractivity contribution in [3.8, 4) is 5.75 Å². The highest BCUT2D eigenvalue weighted by Crippen LogP contribution is 2.36. The van der Waals surface area contributed by atoms with Gasteiger partial charge in [-0.2, -0.15) is 0 Å². The maximum Gasteiger partial charge on any atom is 0.247 e. The smallest absolute Gasteiger partial charge is 0.247 e. The van der Waals surface area contributed by atoms with E-state index in [0.717, 1.165) is 4.90 Å². The summed E-state index contributed by atoms with van der Waals surface area (Å²) in [5.41, 5.74) is 6.77. The Labute approximate surface area is 148 Å². The van der Waals surface area contributed by atoms with Crippen LogP contribution in [0.25, 0.3) is 0 Å². The highest BCUT2D eigenvalue weighted by molar-refractivity contribution is 8.00. The highest BCUT2D eigenvalue weighted by atomic mass is 35.5. The SMILES string of the molecule is COc1ccc(N2C(=O)C[C@H](Sc3ccc(N)cc3)C2=O)cc1Cl. The molecule has 0 bridgehead atoms. The third-order valence-electron chi connectivity index (χ3n) is 3.66. The van der Waals surface area contributed by atoms with Gasteiger partial charge in [-0.15, -0.1) is 11.8 Å². The van der Waals surface area contributed by atoms with Gasteiger partial charge < -0.3 is 10.5 Å². The fraction of sp³-hybridized carbons (Fsp3) is 0.176. The number of nitrogens with two attached hydrogens (primary N) is 1. The van der Waals surface area contributed by atoms with Gasteiger partial charge in [0.05, 0.1) is 23.1 Å². The predicted molar refractivity (Wildman–Crippen MR) is 95.6 cm³/mol. The van der Waals surface area contributed by atoms with Crippen molar-refractivity contribution in [3.05, 3.63) is 47.5 Å². The van der Waals surface area contributed by atoms with E-state index in [9.17, 15) is 9.59 Å². The molecule has 1 heterocycles. The van der Waals surface area contributed by atoms with Crippen LogP contribution in [0.15, 0.2) is 47.4 Å². The standard InChI is InChI=1S/C17H15ClN2O3S/c1-23-14-7-4-11(8-13(14)18)20-16(21)9-15(17(20)22)24-12-5-2-10(19)3-6-12/h2-8,15H,9,19H2,1H3/t15-/m0/s1. The lowest BCUT2D eigenvalue weighted by Gasteiger charge is -2.16. The number of thioether (sulfide) groups is 1. The number of anilines is 2. The number of nitrogens with zero attached hydrogens (tertiary/aromatic N) is 1. The van der Waals surface area contributed by atoms with Crippen LogP contribution in [0, 0.1) is 0 Å². The van der Waals surface area contributed by atoms with E-state index in [-0.39, 0.29) is 18.2 Å². The molecule has 2 amide bonds. The van der Waals surface area contributed by atoms with Crippen LogP contribution in [-0.4, -0.2) is 24.2 Å². The number of imide groups is 1. The van der Waals surface area contributed by atoms with Crippen molar-refractivity contribution < 1.29 is 14.3 Å². The maximum atomic E-state index is 12.6. The molecule has 2 N–H and O–H groups in total. The summed E-state index contributed by atoms with van der Waals surface area (Å²) in [4.78, 5) is 27.0. The van der Waals surface area contributed by atoms with Crippen LogP contribution in [-0.2, 0) is 9.59 Å². The molecule has 0 unspecified atom stereocenters. The van der Waals surface area contributed by atoms with Crippen molar-refractivity contribution in [1.29, 1.82) is 0 Å². The van der Waals surface area contributed by atoms with E-state index >= 15 is 0 Å². The monoisotopic (exact) mass is 362 g/mol. The molecular formula is C17H15ClN2O3S. The van der Waals surface area contributed by atoms with E-state index in [0.29, 0.717) is 22.1 Å². The molecule has 2 aromatic carbocycles. The topological polar surface area (TPSA) is 72.6 Å². The first-order valence-corrected chi connectivity index (χ1v) is 8.48. The Morgan fingerprint density at radius 1 is 1.21 bits per heavy atom. The first-order chi connectivity index (χ1) is 11.5. The van der Waals surface area contributed by atoms with Crippen LogP contribution in [0.5, 0.6) is 5.75 Å². The van der Waals surface area contributed by atoms with Gasteiger partial charge in [0.1, 0.15) is 5.75 Å². The Bertz CT molecular complexity index is 795. The Morgan fingerprint density at radius 2 is 1.92 bits per heavy atom. The maximum absolute atomic E-state index is 12.6. The fourth-order valence-electron chi connectivity index (χ4n) is 2.47. The quantitative estimate of drug-likeness (QED) is 0.667. The predicted octanol–water partition coefficient (Wildman–Crippen LogP) is 3.36. The molecule has 1 aliphatic heterocycles. The summed E-state index contributed by atoms with van der Waals surface area (Å²) < 4.78 is 5.09. The molecule has 124 valence electrons. The Morgan fingerprint density at radius 3 is 2.54 bits per heavy atom. The second-order valence-electron chi connectivity index (χ2n) is 5.27. The zero-order valence-electron chi connectivity index (χ0n) is 12.9. The molecule has 1 saturated heterocycles. The number of methoxy groups -OCH3 is 1. The molecule has 24 heavy (non-hydrogen) atoms. The van der Waals surface area contributed by atoms with Gasteiger partial charge in [0.15, 0.2) is 0 Å². The number of rotatable bonds is 4. The summed E-state index contributed by atoms with van der Waals surface area (Å²) in [6.45, 7) is 0. The van der Waals surface area contributed by atoms with E-state index < -0.39 is 5.25 Å². The van der Waals surface area contributed by atoms with Crippen LogP contribution in [0.3, 0.4) is 0 Å². The lowest BCUT2D eigenvalue weighted by molar-refractivity contribution is -0.121. The van der Waals surface area contributed by atoms with Crippen LogP contribution >= 0.6 is 23.4 Å². The van der Waals surface area contributed by atoms with Gasteiger partial charge in [-0.1, -0.05) is 11.6 Å². The molecule has 3 rings (SSSR count). The second kappa shape index (κ2) is 6.75. The lowest BCUT2D eigenvalue weighted by atomic mass is 10.3. The molecule has 0 spiro atoms. The number of carbonyl (C=O) groups is 2. The minimum absolute atomic E-state index is 0.150. The van der Waals surface area contributed by atoms with E-state index in [2.05, 4.69) is 0 Å². The average molecular weight is 363 g/mol. The molecule has 7 heteroatoms. The summed E-state index contributed by atoms with van der Waals surface area (Å²) in [5, 5.41) is -0.104. The molecule has 1 atom stereocenters. The number of hydrogen-bond acceptors (Lipinski definition) is 5. The number of carbonyl (C=O) groups excluding carboxylic acids is 2. The summed E-state index contributed by atoms with van der Waals surface area (Å²) in [7, 11) is 1.51. The molecule has 0 aliphatic carbocycles. The summed E-state index contributed by atoms with van der Waals surface area (Å²) in [5.74, 6) is 0.00421. The number of ether oxygens (including phenoxy) is 1. The number of halogens is 1. The number of nitrogen functional groups attached to an aromatic ring is 1. The van der Waals surface area contributed by atoms with Gasteiger partial charge in [-0.3, -0.25) is 9.59 Å². The molecule has 1 aliphatic rings. The van der Waals surface area contributed by atoms with E-state index in [1.54, 1.807) is 30.3 Å².